The van der Waals surface area contributed by atoms with E-state index in [0.717, 1.165) is 10.5 Å². The Bertz CT molecular complexity index is 1490. The first-order valence-corrected chi connectivity index (χ1v) is 13.7. The van der Waals surface area contributed by atoms with Crippen molar-refractivity contribution < 1.29 is 19.1 Å². The molecule has 0 bridgehead atoms. The third kappa shape index (κ3) is 8.34. The highest BCUT2D eigenvalue weighted by Gasteiger charge is 2.15. The molecule has 0 spiro atoms. The van der Waals surface area contributed by atoms with Crippen LogP contribution >= 0.6 is 11.8 Å². The summed E-state index contributed by atoms with van der Waals surface area (Å²) in [6, 6.07) is 32.4. The van der Waals surface area contributed by atoms with Crippen LogP contribution in [0.1, 0.15) is 22.8 Å². The van der Waals surface area contributed by atoms with Gasteiger partial charge >= 0.3 is 0 Å². The standard InChI is InChI=1S/C32H29N3O4S/c1-2-39-29-19-10-9-18-27(29)34-30(36)22-40-26-17-11-16-25(21-26)33-32(38)28(20-23-12-5-3-6-13-23)35-31(37)24-14-7-4-8-15-24/h3-21H,2,22H2,1H3,(H,33,38)(H,34,36)(H,35,37)/b28-20-. The maximum absolute atomic E-state index is 13.3. The third-order valence-corrected chi connectivity index (χ3v) is 6.56. The molecule has 0 fully saturated rings. The first kappa shape index (κ1) is 28.2. The van der Waals surface area contributed by atoms with Crippen molar-refractivity contribution in [3.8, 4) is 5.75 Å². The van der Waals surface area contributed by atoms with Gasteiger partial charge < -0.3 is 20.7 Å². The monoisotopic (exact) mass is 551 g/mol. The zero-order valence-electron chi connectivity index (χ0n) is 21.9. The second kappa shape index (κ2) is 14.4. The molecule has 0 saturated carbocycles. The summed E-state index contributed by atoms with van der Waals surface area (Å²) < 4.78 is 5.57. The van der Waals surface area contributed by atoms with E-state index in [0.29, 0.717) is 29.3 Å². The van der Waals surface area contributed by atoms with Gasteiger partial charge in [0.1, 0.15) is 11.4 Å². The average molecular weight is 552 g/mol. The van der Waals surface area contributed by atoms with Gasteiger partial charge in [-0.05, 0) is 61.0 Å². The summed E-state index contributed by atoms with van der Waals surface area (Å²) in [5, 5.41) is 8.47. The number of hydrogen-bond donors (Lipinski definition) is 3. The van der Waals surface area contributed by atoms with E-state index in [1.54, 1.807) is 60.7 Å². The van der Waals surface area contributed by atoms with Crippen LogP contribution < -0.4 is 20.7 Å². The van der Waals surface area contributed by atoms with Crippen LogP contribution in [0.2, 0.25) is 0 Å². The molecule has 0 aliphatic rings. The van der Waals surface area contributed by atoms with Gasteiger partial charge in [-0.1, -0.05) is 66.7 Å². The molecule has 0 unspecified atom stereocenters. The molecule has 40 heavy (non-hydrogen) atoms. The lowest BCUT2D eigenvalue weighted by atomic mass is 10.1. The van der Waals surface area contributed by atoms with E-state index in [1.165, 1.54) is 11.8 Å². The predicted octanol–water partition coefficient (Wildman–Crippen LogP) is 6.23. The summed E-state index contributed by atoms with van der Waals surface area (Å²) in [6.07, 6.45) is 1.62. The van der Waals surface area contributed by atoms with Gasteiger partial charge in [-0.25, -0.2) is 0 Å². The Morgan fingerprint density at radius 3 is 2.25 bits per heavy atom. The first-order chi connectivity index (χ1) is 19.5. The van der Waals surface area contributed by atoms with Crippen LogP contribution in [0.5, 0.6) is 5.75 Å². The Labute approximate surface area is 237 Å². The number of hydrogen-bond acceptors (Lipinski definition) is 5. The molecule has 0 aromatic heterocycles. The lowest BCUT2D eigenvalue weighted by Gasteiger charge is -2.13. The minimum Gasteiger partial charge on any atom is -0.492 e. The SMILES string of the molecule is CCOc1ccccc1NC(=O)CSc1cccc(NC(=O)/C(=C/c2ccccc2)NC(=O)c2ccccc2)c1. The van der Waals surface area contributed by atoms with E-state index in [4.69, 9.17) is 4.74 Å². The topological polar surface area (TPSA) is 96.5 Å². The molecule has 0 saturated heterocycles. The number of amides is 3. The highest BCUT2D eigenvalue weighted by molar-refractivity contribution is 8.00. The number of carbonyl (C=O) groups excluding carboxylic acids is 3. The summed E-state index contributed by atoms with van der Waals surface area (Å²) in [7, 11) is 0. The van der Waals surface area contributed by atoms with Gasteiger partial charge in [0.2, 0.25) is 5.91 Å². The quantitative estimate of drug-likeness (QED) is 0.152. The van der Waals surface area contributed by atoms with Crippen molar-refractivity contribution in [2.75, 3.05) is 23.0 Å². The van der Waals surface area contributed by atoms with Crippen LogP contribution in [0.15, 0.2) is 120 Å². The molecular weight excluding hydrogens is 522 g/mol. The highest BCUT2D eigenvalue weighted by Crippen LogP contribution is 2.26. The summed E-state index contributed by atoms with van der Waals surface area (Å²) in [6.45, 7) is 2.39. The van der Waals surface area contributed by atoms with Gasteiger partial charge in [0.15, 0.2) is 0 Å². The maximum Gasteiger partial charge on any atom is 0.272 e. The molecule has 0 radical (unpaired) electrons. The first-order valence-electron chi connectivity index (χ1n) is 12.7. The van der Waals surface area contributed by atoms with Gasteiger partial charge in [-0.15, -0.1) is 11.8 Å². The Morgan fingerprint density at radius 2 is 1.50 bits per heavy atom. The molecule has 0 atom stereocenters. The van der Waals surface area contributed by atoms with Crippen molar-refractivity contribution in [1.29, 1.82) is 0 Å². The van der Waals surface area contributed by atoms with Crippen LogP contribution in [0, 0.1) is 0 Å². The number of rotatable bonds is 11. The number of ether oxygens (including phenoxy) is 1. The fourth-order valence-electron chi connectivity index (χ4n) is 3.71. The molecule has 3 N–H and O–H groups in total. The molecule has 4 aromatic carbocycles. The molecule has 202 valence electrons. The Balaban J connectivity index is 1.42. The lowest BCUT2D eigenvalue weighted by Crippen LogP contribution is -2.30. The van der Waals surface area contributed by atoms with Crippen molar-refractivity contribution in [3.05, 3.63) is 126 Å². The number of thioether (sulfide) groups is 1. The number of nitrogens with one attached hydrogen (secondary N) is 3. The normalized spacial score (nSPS) is 10.9. The Hall–Kier alpha value is -4.82. The van der Waals surface area contributed by atoms with E-state index in [1.807, 2.05) is 61.5 Å². The van der Waals surface area contributed by atoms with Gasteiger partial charge in [0.05, 0.1) is 18.0 Å². The van der Waals surface area contributed by atoms with E-state index in [9.17, 15) is 14.4 Å². The average Bonchev–Trinajstić information content (AvgIpc) is 2.98. The molecule has 0 aliphatic carbocycles. The number of anilines is 2. The van der Waals surface area contributed by atoms with Crippen LogP contribution in [-0.2, 0) is 9.59 Å². The smallest absolute Gasteiger partial charge is 0.272 e. The van der Waals surface area contributed by atoms with Crippen molar-refractivity contribution >= 4 is 46.9 Å². The van der Waals surface area contributed by atoms with E-state index in [-0.39, 0.29) is 23.3 Å². The lowest BCUT2D eigenvalue weighted by molar-refractivity contribution is -0.114. The number of benzene rings is 4. The van der Waals surface area contributed by atoms with Gasteiger partial charge in [0.25, 0.3) is 11.8 Å². The second-order valence-electron chi connectivity index (χ2n) is 8.54. The minimum atomic E-state index is -0.472. The second-order valence-corrected chi connectivity index (χ2v) is 9.59. The van der Waals surface area contributed by atoms with E-state index in [2.05, 4.69) is 16.0 Å². The molecule has 3 amide bonds. The fourth-order valence-corrected chi connectivity index (χ4v) is 4.46. The minimum absolute atomic E-state index is 0.102. The number of carbonyl (C=O) groups is 3. The van der Waals surface area contributed by atoms with Gasteiger partial charge in [-0.2, -0.15) is 0 Å². The van der Waals surface area contributed by atoms with Crippen molar-refractivity contribution in [2.45, 2.75) is 11.8 Å². The Kier molecular flexibility index (Phi) is 10.1. The van der Waals surface area contributed by atoms with E-state index < -0.39 is 5.91 Å². The van der Waals surface area contributed by atoms with Crippen molar-refractivity contribution in [1.82, 2.24) is 5.32 Å². The van der Waals surface area contributed by atoms with E-state index >= 15 is 0 Å². The zero-order valence-corrected chi connectivity index (χ0v) is 22.7. The molecule has 0 heterocycles. The Morgan fingerprint density at radius 1 is 0.800 bits per heavy atom. The van der Waals surface area contributed by atoms with Crippen LogP contribution in [0.3, 0.4) is 0 Å². The van der Waals surface area contributed by atoms with Crippen LogP contribution in [0.25, 0.3) is 6.08 Å². The van der Waals surface area contributed by atoms with Crippen LogP contribution in [-0.4, -0.2) is 30.1 Å². The summed E-state index contributed by atoms with van der Waals surface area (Å²) in [5.41, 5.74) is 2.46. The summed E-state index contributed by atoms with van der Waals surface area (Å²) >= 11 is 1.34. The maximum atomic E-state index is 13.3. The molecule has 4 rings (SSSR count). The zero-order chi connectivity index (χ0) is 28.2. The van der Waals surface area contributed by atoms with Crippen LogP contribution in [0.4, 0.5) is 11.4 Å². The molecular formula is C32H29N3O4S. The highest BCUT2D eigenvalue weighted by atomic mass is 32.2. The third-order valence-electron chi connectivity index (χ3n) is 5.56. The summed E-state index contributed by atoms with van der Waals surface area (Å²) in [5.74, 6) is -0.251. The predicted molar refractivity (Wildman–Crippen MR) is 160 cm³/mol. The molecule has 7 nitrogen and oxygen atoms in total. The molecule has 4 aromatic rings. The fraction of sp³-hybridized carbons (Fsp3) is 0.0938. The largest absolute Gasteiger partial charge is 0.492 e. The number of para-hydroxylation sites is 2. The molecule has 8 heteroatoms. The summed E-state index contributed by atoms with van der Waals surface area (Å²) in [4.78, 5) is 39.5. The van der Waals surface area contributed by atoms with Crippen molar-refractivity contribution in [3.63, 3.8) is 0 Å². The van der Waals surface area contributed by atoms with Gasteiger partial charge in [0, 0.05) is 16.1 Å². The van der Waals surface area contributed by atoms with Gasteiger partial charge in [-0.3, -0.25) is 14.4 Å². The van der Waals surface area contributed by atoms with Crippen molar-refractivity contribution in [2.24, 2.45) is 0 Å². The molecule has 0 aliphatic heterocycles.